The average molecular weight is 298 g/mol. The number of H-pyrrole nitrogens is 1. The molecular formula is C17H22N4O. The molecule has 0 saturated carbocycles. The van der Waals surface area contributed by atoms with Crippen molar-refractivity contribution in [1.82, 2.24) is 20.4 Å². The summed E-state index contributed by atoms with van der Waals surface area (Å²) in [6.45, 7) is 2.76. The van der Waals surface area contributed by atoms with E-state index in [1.807, 2.05) is 31.4 Å². The number of nitrogens with one attached hydrogen (secondary N) is 2. The number of carbonyl (C=O) groups is 1. The predicted molar refractivity (Wildman–Crippen MR) is 85.9 cm³/mol. The van der Waals surface area contributed by atoms with Gasteiger partial charge >= 0.3 is 0 Å². The lowest BCUT2D eigenvalue weighted by Gasteiger charge is -2.18. The molecule has 1 aromatic carbocycles. The summed E-state index contributed by atoms with van der Waals surface area (Å²) in [6, 6.07) is 8.07. The first-order valence-corrected chi connectivity index (χ1v) is 7.78. The van der Waals surface area contributed by atoms with Crippen LogP contribution in [0.5, 0.6) is 0 Å². The molecule has 1 atom stereocenters. The molecular weight excluding hydrogens is 276 g/mol. The first kappa shape index (κ1) is 14.8. The fourth-order valence-corrected chi connectivity index (χ4v) is 2.90. The van der Waals surface area contributed by atoms with E-state index < -0.39 is 0 Å². The number of amides is 1. The fourth-order valence-electron chi connectivity index (χ4n) is 2.90. The molecule has 1 aliphatic rings. The SMILES string of the molecule is CN(CCc1cn[nH]c1)C(=O)c1cccc([C@@H]2CCNC2)c1. The van der Waals surface area contributed by atoms with Crippen LogP contribution in [0.2, 0.25) is 0 Å². The molecule has 0 bridgehead atoms. The summed E-state index contributed by atoms with van der Waals surface area (Å²) in [7, 11) is 1.85. The van der Waals surface area contributed by atoms with Gasteiger partial charge < -0.3 is 10.2 Å². The highest BCUT2D eigenvalue weighted by Crippen LogP contribution is 2.23. The molecule has 2 heterocycles. The number of rotatable bonds is 5. The van der Waals surface area contributed by atoms with Crippen LogP contribution in [0.1, 0.15) is 33.8 Å². The van der Waals surface area contributed by atoms with E-state index in [4.69, 9.17) is 0 Å². The number of aromatic amines is 1. The third-order valence-corrected chi connectivity index (χ3v) is 4.30. The van der Waals surface area contributed by atoms with Crippen molar-refractivity contribution < 1.29 is 4.79 Å². The van der Waals surface area contributed by atoms with Crippen LogP contribution in [0.3, 0.4) is 0 Å². The molecule has 0 aliphatic carbocycles. The topological polar surface area (TPSA) is 61.0 Å². The average Bonchev–Trinajstić information content (AvgIpc) is 3.25. The molecule has 1 saturated heterocycles. The minimum Gasteiger partial charge on any atom is -0.341 e. The van der Waals surface area contributed by atoms with E-state index in [0.29, 0.717) is 12.5 Å². The lowest BCUT2D eigenvalue weighted by atomic mass is 9.96. The maximum atomic E-state index is 12.6. The highest BCUT2D eigenvalue weighted by molar-refractivity contribution is 5.94. The second kappa shape index (κ2) is 6.75. The summed E-state index contributed by atoms with van der Waals surface area (Å²) in [6.07, 6.45) is 5.62. The quantitative estimate of drug-likeness (QED) is 0.885. The Morgan fingerprint density at radius 2 is 2.36 bits per heavy atom. The van der Waals surface area contributed by atoms with Crippen molar-refractivity contribution in [3.8, 4) is 0 Å². The van der Waals surface area contributed by atoms with Crippen molar-refractivity contribution in [3.05, 3.63) is 53.3 Å². The van der Waals surface area contributed by atoms with Gasteiger partial charge in [-0.05, 0) is 48.6 Å². The van der Waals surface area contributed by atoms with E-state index in [0.717, 1.165) is 37.1 Å². The molecule has 1 aliphatic heterocycles. The number of nitrogens with zero attached hydrogens (tertiary/aromatic N) is 2. The molecule has 3 rings (SSSR count). The minimum atomic E-state index is 0.0799. The highest BCUT2D eigenvalue weighted by atomic mass is 16.2. The largest absolute Gasteiger partial charge is 0.341 e. The monoisotopic (exact) mass is 298 g/mol. The Morgan fingerprint density at radius 1 is 1.45 bits per heavy atom. The molecule has 1 aromatic heterocycles. The molecule has 0 radical (unpaired) electrons. The van der Waals surface area contributed by atoms with Crippen LogP contribution < -0.4 is 5.32 Å². The second-order valence-corrected chi connectivity index (χ2v) is 5.90. The van der Waals surface area contributed by atoms with Crippen LogP contribution in [0.25, 0.3) is 0 Å². The van der Waals surface area contributed by atoms with E-state index in [9.17, 15) is 4.79 Å². The van der Waals surface area contributed by atoms with Crippen molar-refractivity contribution in [1.29, 1.82) is 0 Å². The zero-order valence-electron chi connectivity index (χ0n) is 12.9. The van der Waals surface area contributed by atoms with Crippen LogP contribution in [-0.4, -0.2) is 47.7 Å². The van der Waals surface area contributed by atoms with E-state index >= 15 is 0 Å². The van der Waals surface area contributed by atoms with Gasteiger partial charge in [-0.1, -0.05) is 12.1 Å². The van der Waals surface area contributed by atoms with Crippen LogP contribution in [0, 0.1) is 0 Å². The first-order chi connectivity index (χ1) is 10.7. The molecule has 116 valence electrons. The standard InChI is InChI=1S/C17H22N4O/c1-21(8-6-13-10-19-20-11-13)17(22)15-4-2-3-14(9-15)16-5-7-18-12-16/h2-4,9-11,16,18H,5-8,12H2,1H3,(H,19,20)/t16-/m1/s1. The van der Waals surface area contributed by atoms with Crippen LogP contribution in [0.15, 0.2) is 36.7 Å². The maximum absolute atomic E-state index is 12.6. The van der Waals surface area contributed by atoms with Crippen molar-refractivity contribution in [3.63, 3.8) is 0 Å². The van der Waals surface area contributed by atoms with Crippen molar-refractivity contribution in [2.24, 2.45) is 0 Å². The summed E-state index contributed by atoms with van der Waals surface area (Å²) in [5.41, 5.74) is 3.16. The van der Waals surface area contributed by atoms with Crippen LogP contribution in [0.4, 0.5) is 0 Å². The number of likely N-dealkylation sites (N-methyl/N-ethyl adjacent to an activating group) is 1. The number of carbonyl (C=O) groups excluding carboxylic acids is 1. The van der Waals surface area contributed by atoms with Gasteiger partial charge in [-0.15, -0.1) is 0 Å². The number of aromatic nitrogens is 2. The number of benzene rings is 1. The van der Waals surface area contributed by atoms with Crippen molar-refractivity contribution in [2.75, 3.05) is 26.7 Å². The third-order valence-electron chi connectivity index (χ3n) is 4.30. The van der Waals surface area contributed by atoms with Crippen molar-refractivity contribution >= 4 is 5.91 Å². The van der Waals surface area contributed by atoms with Gasteiger partial charge in [0.25, 0.3) is 5.91 Å². The summed E-state index contributed by atoms with van der Waals surface area (Å²) >= 11 is 0. The Kier molecular flexibility index (Phi) is 4.53. The number of hydrogen-bond donors (Lipinski definition) is 2. The maximum Gasteiger partial charge on any atom is 0.253 e. The molecule has 2 aromatic rings. The Bertz CT molecular complexity index is 617. The van der Waals surface area contributed by atoms with E-state index in [1.165, 1.54) is 5.56 Å². The van der Waals surface area contributed by atoms with Gasteiger partial charge in [0.05, 0.1) is 6.20 Å². The Labute approximate surface area is 130 Å². The third kappa shape index (κ3) is 3.36. The van der Waals surface area contributed by atoms with Crippen LogP contribution >= 0.6 is 0 Å². The van der Waals surface area contributed by atoms with Gasteiger partial charge in [-0.3, -0.25) is 9.89 Å². The summed E-state index contributed by atoms with van der Waals surface area (Å²) in [5, 5.41) is 10.1. The highest BCUT2D eigenvalue weighted by Gasteiger charge is 2.18. The summed E-state index contributed by atoms with van der Waals surface area (Å²) < 4.78 is 0. The lowest BCUT2D eigenvalue weighted by Crippen LogP contribution is -2.28. The smallest absolute Gasteiger partial charge is 0.253 e. The number of hydrogen-bond acceptors (Lipinski definition) is 3. The second-order valence-electron chi connectivity index (χ2n) is 5.90. The van der Waals surface area contributed by atoms with Crippen LogP contribution in [-0.2, 0) is 6.42 Å². The molecule has 0 unspecified atom stereocenters. The zero-order valence-corrected chi connectivity index (χ0v) is 12.9. The van der Waals surface area contributed by atoms with E-state index in [1.54, 1.807) is 11.1 Å². The molecule has 1 amide bonds. The molecule has 22 heavy (non-hydrogen) atoms. The van der Waals surface area contributed by atoms with E-state index in [-0.39, 0.29) is 5.91 Å². The zero-order chi connectivity index (χ0) is 15.4. The van der Waals surface area contributed by atoms with Gasteiger partial charge in [-0.25, -0.2) is 0 Å². The fraction of sp³-hybridized carbons (Fsp3) is 0.412. The lowest BCUT2D eigenvalue weighted by molar-refractivity contribution is 0.0796. The molecule has 5 heteroatoms. The molecule has 5 nitrogen and oxygen atoms in total. The Hall–Kier alpha value is -2.14. The Morgan fingerprint density at radius 3 is 3.09 bits per heavy atom. The summed E-state index contributed by atoms with van der Waals surface area (Å²) in [5.74, 6) is 0.611. The molecule has 2 N–H and O–H groups in total. The molecule has 0 spiro atoms. The predicted octanol–water partition coefficient (Wildman–Crippen LogP) is 1.80. The molecule has 1 fully saturated rings. The van der Waals surface area contributed by atoms with Gasteiger partial charge in [0, 0.05) is 31.9 Å². The van der Waals surface area contributed by atoms with Gasteiger partial charge in [-0.2, -0.15) is 5.10 Å². The van der Waals surface area contributed by atoms with Gasteiger partial charge in [0.1, 0.15) is 0 Å². The summed E-state index contributed by atoms with van der Waals surface area (Å²) in [4.78, 5) is 14.3. The minimum absolute atomic E-state index is 0.0799. The normalized spacial score (nSPS) is 17.6. The van der Waals surface area contributed by atoms with Crippen molar-refractivity contribution in [2.45, 2.75) is 18.8 Å². The van der Waals surface area contributed by atoms with E-state index in [2.05, 4.69) is 21.6 Å². The van der Waals surface area contributed by atoms with Gasteiger partial charge in [0.2, 0.25) is 0 Å². The van der Waals surface area contributed by atoms with Gasteiger partial charge in [0.15, 0.2) is 0 Å². The Balaban J connectivity index is 1.64. The first-order valence-electron chi connectivity index (χ1n) is 7.78.